The summed E-state index contributed by atoms with van der Waals surface area (Å²) in [4.78, 5) is 14.2. The molecule has 0 aliphatic carbocycles. The average molecular weight is 226 g/mol. The van der Waals surface area contributed by atoms with Gasteiger partial charge in [-0.1, -0.05) is 13.3 Å². The lowest BCUT2D eigenvalue weighted by molar-refractivity contribution is -0.204. The first-order valence-electron chi connectivity index (χ1n) is 4.23. The van der Waals surface area contributed by atoms with Gasteiger partial charge in [0.25, 0.3) is 10.1 Å². The summed E-state index contributed by atoms with van der Waals surface area (Å²) in [6.07, 6.45) is 0.936. The lowest BCUT2D eigenvalue weighted by atomic mass is 10.4. The van der Waals surface area contributed by atoms with Crippen molar-refractivity contribution in [1.29, 1.82) is 0 Å². The fraction of sp³-hybridized carbons (Fsp3) is 0.857. The molecular formula is C7H14O6S. The number of hydrogen-bond donors (Lipinski definition) is 1. The Bertz CT molecular complexity index is 257. The maximum atomic E-state index is 10.9. The van der Waals surface area contributed by atoms with E-state index >= 15 is 0 Å². The molecule has 14 heavy (non-hydrogen) atoms. The molecule has 0 aromatic carbocycles. The monoisotopic (exact) mass is 226 g/mol. The predicted octanol–water partition coefficient (Wildman–Crippen LogP) is 0.539. The molecule has 0 aromatic heterocycles. The van der Waals surface area contributed by atoms with E-state index in [9.17, 15) is 13.2 Å². The standard InChI is InChI=1S/C7H14O6S/c1-2-3-6-14(10,11)13-12-5-4-7(8)9/h2-6H2,1H3,(H,8,9). The molecule has 0 unspecified atom stereocenters. The van der Waals surface area contributed by atoms with Crippen LogP contribution in [0.1, 0.15) is 26.2 Å². The number of unbranched alkanes of at least 4 members (excludes halogenated alkanes) is 1. The molecule has 0 amide bonds. The van der Waals surface area contributed by atoms with Crippen LogP contribution >= 0.6 is 0 Å². The van der Waals surface area contributed by atoms with Crippen LogP contribution in [0.3, 0.4) is 0 Å². The third-order valence-corrected chi connectivity index (χ3v) is 2.39. The quantitative estimate of drug-likeness (QED) is 0.369. The van der Waals surface area contributed by atoms with E-state index in [0.29, 0.717) is 6.42 Å². The molecule has 7 heteroatoms. The van der Waals surface area contributed by atoms with Crippen LogP contribution in [0.4, 0.5) is 0 Å². The zero-order valence-electron chi connectivity index (χ0n) is 7.93. The molecular weight excluding hydrogens is 212 g/mol. The first-order valence-corrected chi connectivity index (χ1v) is 5.81. The van der Waals surface area contributed by atoms with Gasteiger partial charge < -0.3 is 5.11 Å². The van der Waals surface area contributed by atoms with Crippen LogP contribution in [0, 0.1) is 0 Å². The molecule has 0 radical (unpaired) electrons. The van der Waals surface area contributed by atoms with Crippen LogP contribution in [0.2, 0.25) is 0 Å². The number of hydrogen-bond acceptors (Lipinski definition) is 5. The van der Waals surface area contributed by atoms with Crippen molar-refractivity contribution in [2.45, 2.75) is 26.2 Å². The molecule has 0 saturated carbocycles. The van der Waals surface area contributed by atoms with Crippen molar-refractivity contribution in [2.24, 2.45) is 0 Å². The second-order valence-electron chi connectivity index (χ2n) is 2.65. The summed E-state index contributed by atoms with van der Waals surface area (Å²) in [5.74, 6) is -1.18. The van der Waals surface area contributed by atoms with E-state index in [1.54, 1.807) is 0 Å². The molecule has 0 bridgehead atoms. The van der Waals surface area contributed by atoms with Crippen molar-refractivity contribution in [3.05, 3.63) is 0 Å². The fourth-order valence-electron chi connectivity index (χ4n) is 0.591. The minimum absolute atomic E-state index is 0.115. The van der Waals surface area contributed by atoms with Crippen LogP contribution in [0.25, 0.3) is 0 Å². The zero-order valence-corrected chi connectivity index (χ0v) is 8.75. The van der Waals surface area contributed by atoms with Crippen molar-refractivity contribution < 1.29 is 27.5 Å². The lowest BCUT2D eigenvalue weighted by Crippen LogP contribution is -2.12. The maximum absolute atomic E-state index is 10.9. The third-order valence-electron chi connectivity index (χ3n) is 1.30. The van der Waals surface area contributed by atoms with Crippen LogP contribution in [0.5, 0.6) is 0 Å². The Labute approximate surface area is 82.9 Å². The van der Waals surface area contributed by atoms with E-state index in [0.717, 1.165) is 6.42 Å². The Hall–Kier alpha value is -0.660. The highest BCUT2D eigenvalue weighted by Gasteiger charge is 2.11. The molecule has 84 valence electrons. The normalized spacial score (nSPS) is 11.5. The van der Waals surface area contributed by atoms with Gasteiger partial charge in [-0.3, -0.25) is 4.79 Å². The molecule has 0 aliphatic rings. The van der Waals surface area contributed by atoms with Gasteiger partial charge >= 0.3 is 5.97 Å². The highest BCUT2D eigenvalue weighted by Crippen LogP contribution is 2.00. The number of carboxylic acid groups (broad SMARTS) is 1. The summed E-state index contributed by atoms with van der Waals surface area (Å²) in [5.41, 5.74) is 0. The molecule has 0 spiro atoms. The van der Waals surface area contributed by atoms with Gasteiger partial charge in [-0.25, -0.2) is 4.89 Å². The van der Waals surface area contributed by atoms with Crippen LogP contribution in [-0.2, 0) is 24.1 Å². The van der Waals surface area contributed by atoms with Crippen LogP contribution < -0.4 is 0 Å². The highest BCUT2D eigenvalue weighted by atomic mass is 32.2. The van der Waals surface area contributed by atoms with Crippen LogP contribution in [0.15, 0.2) is 0 Å². The summed E-state index contributed by atoms with van der Waals surface area (Å²) in [5, 5.41) is 8.20. The Balaban J connectivity index is 3.61. The molecule has 0 rings (SSSR count). The van der Waals surface area contributed by atoms with Crippen molar-refractivity contribution >= 4 is 16.1 Å². The Morgan fingerprint density at radius 2 is 2.07 bits per heavy atom. The van der Waals surface area contributed by atoms with Gasteiger partial charge in [0.1, 0.15) is 0 Å². The largest absolute Gasteiger partial charge is 0.481 e. The second kappa shape index (κ2) is 6.74. The van der Waals surface area contributed by atoms with Gasteiger partial charge in [-0.15, -0.1) is 4.33 Å². The van der Waals surface area contributed by atoms with Gasteiger partial charge in [0.15, 0.2) is 0 Å². The second-order valence-corrected chi connectivity index (χ2v) is 4.31. The molecule has 0 fully saturated rings. The first-order chi connectivity index (χ1) is 6.48. The van der Waals surface area contributed by atoms with Crippen molar-refractivity contribution in [3.8, 4) is 0 Å². The lowest BCUT2D eigenvalue weighted by Gasteiger charge is -2.02. The topological polar surface area (TPSA) is 89.9 Å². The molecule has 0 aliphatic heterocycles. The summed E-state index contributed by atoms with van der Waals surface area (Å²) in [7, 11) is -3.66. The number of rotatable bonds is 8. The van der Waals surface area contributed by atoms with Gasteiger partial charge in [0.05, 0.1) is 18.8 Å². The molecule has 1 N–H and O–H groups in total. The fourth-order valence-corrected chi connectivity index (χ4v) is 1.52. The molecule has 0 aromatic rings. The Kier molecular flexibility index (Phi) is 6.43. The van der Waals surface area contributed by atoms with E-state index in [1.807, 2.05) is 6.92 Å². The van der Waals surface area contributed by atoms with Gasteiger partial charge in [-0.05, 0) is 6.42 Å². The number of carboxylic acids is 1. The van der Waals surface area contributed by atoms with Gasteiger partial charge in [0.2, 0.25) is 0 Å². The molecule has 6 nitrogen and oxygen atoms in total. The van der Waals surface area contributed by atoms with Crippen molar-refractivity contribution in [3.63, 3.8) is 0 Å². The Morgan fingerprint density at radius 3 is 2.57 bits per heavy atom. The van der Waals surface area contributed by atoms with E-state index in [-0.39, 0.29) is 18.8 Å². The Morgan fingerprint density at radius 1 is 1.43 bits per heavy atom. The van der Waals surface area contributed by atoms with E-state index < -0.39 is 16.1 Å². The van der Waals surface area contributed by atoms with Crippen molar-refractivity contribution in [2.75, 3.05) is 12.4 Å². The number of aliphatic carboxylic acids is 1. The minimum Gasteiger partial charge on any atom is -0.481 e. The third kappa shape index (κ3) is 7.96. The maximum Gasteiger partial charge on any atom is 0.305 e. The predicted molar refractivity (Wildman–Crippen MR) is 48.0 cm³/mol. The zero-order chi connectivity index (χ0) is 11.0. The molecule has 0 atom stereocenters. The summed E-state index contributed by atoms with van der Waals surface area (Å²) < 4.78 is 26.0. The van der Waals surface area contributed by atoms with E-state index in [4.69, 9.17) is 5.11 Å². The highest BCUT2D eigenvalue weighted by molar-refractivity contribution is 7.86. The minimum atomic E-state index is -3.66. The first kappa shape index (κ1) is 13.3. The summed E-state index contributed by atoms with van der Waals surface area (Å²) in [6, 6.07) is 0. The SMILES string of the molecule is CCCCS(=O)(=O)OOCCC(=O)O. The van der Waals surface area contributed by atoms with E-state index in [1.165, 1.54) is 0 Å². The van der Waals surface area contributed by atoms with Crippen LogP contribution in [-0.4, -0.2) is 31.9 Å². The van der Waals surface area contributed by atoms with E-state index in [2.05, 4.69) is 9.22 Å². The van der Waals surface area contributed by atoms with Gasteiger partial charge in [-0.2, -0.15) is 8.42 Å². The van der Waals surface area contributed by atoms with Crippen molar-refractivity contribution in [1.82, 2.24) is 0 Å². The van der Waals surface area contributed by atoms with Gasteiger partial charge in [0, 0.05) is 0 Å². The molecule has 0 saturated heterocycles. The summed E-state index contributed by atoms with van der Waals surface area (Å²) >= 11 is 0. The molecule has 0 heterocycles. The average Bonchev–Trinajstić information content (AvgIpc) is 2.09. The summed E-state index contributed by atoms with van der Waals surface area (Å²) in [6.45, 7) is 1.57. The number of carbonyl (C=O) groups is 1. The smallest absolute Gasteiger partial charge is 0.305 e.